The molecule has 0 aromatic carbocycles. The molecule has 1 fully saturated rings. The lowest BCUT2D eigenvalue weighted by Crippen LogP contribution is -2.45. The van der Waals surface area contributed by atoms with Crippen molar-refractivity contribution in [2.75, 3.05) is 24.3 Å². The summed E-state index contributed by atoms with van der Waals surface area (Å²) in [4.78, 5) is 8.65. The van der Waals surface area contributed by atoms with Gasteiger partial charge < -0.3 is 15.7 Å². The minimum atomic E-state index is -0.226. The molecule has 20 heavy (non-hydrogen) atoms. The van der Waals surface area contributed by atoms with Crippen LogP contribution in [0.2, 0.25) is 0 Å². The van der Waals surface area contributed by atoms with Crippen molar-refractivity contribution in [3.05, 3.63) is 11.9 Å². The average molecular weight is 278 g/mol. The lowest BCUT2D eigenvalue weighted by atomic mass is 9.77. The second kappa shape index (κ2) is 6.39. The van der Waals surface area contributed by atoms with Crippen LogP contribution in [0.4, 0.5) is 11.6 Å². The van der Waals surface area contributed by atoms with Crippen LogP contribution in [-0.2, 0) is 6.42 Å². The van der Waals surface area contributed by atoms with Crippen LogP contribution in [0.5, 0.6) is 0 Å². The summed E-state index contributed by atoms with van der Waals surface area (Å²) in [5, 5.41) is 16.5. The second-order valence-electron chi connectivity index (χ2n) is 5.90. The van der Waals surface area contributed by atoms with E-state index in [0.717, 1.165) is 55.2 Å². The minimum absolute atomic E-state index is 0.155. The summed E-state index contributed by atoms with van der Waals surface area (Å²) in [5.74, 6) is 2.47. The molecule has 1 aromatic rings. The van der Waals surface area contributed by atoms with E-state index in [2.05, 4.69) is 34.4 Å². The van der Waals surface area contributed by atoms with Crippen LogP contribution in [0.25, 0.3) is 0 Å². The van der Waals surface area contributed by atoms with E-state index in [1.165, 1.54) is 0 Å². The van der Waals surface area contributed by atoms with E-state index in [1.54, 1.807) is 6.33 Å². The van der Waals surface area contributed by atoms with Gasteiger partial charge in [-0.25, -0.2) is 9.97 Å². The number of nitrogens with zero attached hydrogens (tertiary/aromatic N) is 2. The fourth-order valence-electron chi connectivity index (χ4n) is 2.96. The number of rotatable bonds is 5. The molecule has 1 aromatic heterocycles. The number of aliphatic hydroxyl groups is 1. The van der Waals surface area contributed by atoms with E-state index in [1.807, 2.05) is 7.05 Å². The number of aliphatic hydroxyl groups excluding tert-OH is 1. The third kappa shape index (κ3) is 3.03. The van der Waals surface area contributed by atoms with Crippen LogP contribution >= 0.6 is 0 Å². The van der Waals surface area contributed by atoms with Gasteiger partial charge in [-0.3, -0.25) is 0 Å². The van der Waals surface area contributed by atoms with Gasteiger partial charge >= 0.3 is 0 Å². The molecule has 0 aliphatic heterocycles. The number of nitrogens with one attached hydrogen (secondary N) is 2. The topological polar surface area (TPSA) is 70.1 Å². The van der Waals surface area contributed by atoms with Gasteiger partial charge in [-0.05, 0) is 38.0 Å². The van der Waals surface area contributed by atoms with Crippen molar-refractivity contribution in [1.82, 2.24) is 9.97 Å². The SMILES string of the molecule is CCc1c(NC)ncnc1NC1(CO)CCC(C)CC1. The number of anilines is 2. The van der Waals surface area contributed by atoms with Crippen LogP contribution in [-0.4, -0.2) is 34.3 Å². The predicted octanol–water partition coefficient (Wildman–Crippen LogP) is 2.43. The Morgan fingerprint density at radius 1 is 1.30 bits per heavy atom. The van der Waals surface area contributed by atoms with Crippen molar-refractivity contribution in [3.8, 4) is 0 Å². The molecule has 1 heterocycles. The molecule has 0 spiro atoms. The molecule has 1 aliphatic carbocycles. The van der Waals surface area contributed by atoms with Crippen molar-refractivity contribution < 1.29 is 5.11 Å². The smallest absolute Gasteiger partial charge is 0.135 e. The van der Waals surface area contributed by atoms with Crippen molar-refractivity contribution in [1.29, 1.82) is 0 Å². The molecule has 0 radical (unpaired) electrons. The lowest BCUT2D eigenvalue weighted by Gasteiger charge is -2.39. The maximum atomic E-state index is 9.86. The van der Waals surface area contributed by atoms with E-state index in [9.17, 15) is 5.11 Å². The maximum absolute atomic E-state index is 9.86. The molecule has 5 heteroatoms. The number of aromatic nitrogens is 2. The van der Waals surface area contributed by atoms with Crippen LogP contribution in [0.1, 0.15) is 45.1 Å². The van der Waals surface area contributed by atoms with Gasteiger partial charge in [0.25, 0.3) is 0 Å². The molecule has 0 atom stereocenters. The highest BCUT2D eigenvalue weighted by Crippen LogP contribution is 2.35. The highest BCUT2D eigenvalue weighted by Gasteiger charge is 2.34. The molecule has 3 N–H and O–H groups in total. The Morgan fingerprint density at radius 3 is 2.50 bits per heavy atom. The van der Waals surface area contributed by atoms with Gasteiger partial charge in [-0.2, -0.15) is 0 Å². The predicted molar refractivity (Wildman–Crippen MR) is 82.0 cm³/mol. The molecule has 2 rings (SSSR count). The maximum Gasteiger partial charge on any atom is 0.135 e. The van der Waals surface area contributed by atoms with E-state index in [0.29, 0.717) is 0 Å². The van der Waals surface area contributed by atoms with Crippen LogP contribution in [0, 0.1) is 5.92 Å². The first-order valence-electron chi connectivity index (χ1n) is 7.55. The Balaban J connectivity index is 2.23. The number of hydrogen-bond donors (Lipinski definition) is 3. The van der Waals surface area contributed by atoms with Crippen molar-refractivity contribution >= 4 is 11.6 Å². The summed E-state index contributed by atoms with van der Waals surface area (Å²) in [5.41, 5.74) is 0.858. The standard InChI is InChI=1S/C15H26N4O/c1-4-12-13(16-3)17-10-18-14(12)19-15(9-20)7-5-11(2)6-8-15/h10-11,20H,4-9H2,1-3H3,(H2,16,17,18,19). The van der Waals surface area contributed by atoms with Crippen LogP contribution in [0.15, 0.2) is 6.33 Å². The van der Waals surface area contributed by atoms with Crippen LogP contribution in [0.3, 0.4) is 0 Å². The first kappa shape index (κ1) is 15.0. The fourth-order valence-corrected chi connectivity index (χ4v) is 2.96. The van der Waals surface area contributed by atoms with E-state index in [-0.39, 0.29) is 12.1 Å². The Bertz CT molecular complexity index is 441. The summed E-state index contributed by atoms with van der Waals surface area (Å²) in [7, 11) is 1.87. The van der Waals surface area contributed by atoms with E-state index < -0.39 is 0 Å². The van der Waals surface area contributed by atoms with Gasteiger partial charge in [0.2, 0.25) is 0 Å². The molecule has 0 amide bonds. The highest BCUT2D eigenvalue weighted by atomic mass is 16.3. The molecule has 5 nitrogen and oxygen atoms in total. The third-order valence-corrected chi connectivity index (χ3v) is 4.45. The Hall–Kier alpha value is -1.36. The Labute approximate surface area is 121 Å². The lowest BCUT2D eigenvalue weighted by molar-refractivity contribution is 0.155. The van der Waals surface area contributed by atoms with Crippen molar-refractivity contribution in [2.24, 2.45) is 5.92 Å². The molecule has 0 saturated heterocycles. The molecule has 1 saturated carbocycles. The molecular formula is C15H26N4O. The largest absolute Gasteiger partial charge is 0.394 e. The fraction of sp³-hybridized carbons (Fsp3) is 0.733. The minimum Gasteiger partial charge on any atom is -0.394 e. The Morgan fingerprint density at radius 2 is 1.95 bits per heavy atom. The first-order valence-corrected chi connectivity index (χ1v) is 7.55. The summed E-state index contributed by atoms with van der Waals surface area (Å²) >= 11 is 0. The van der Waals surface area contributed by atoms with Crippen molar-refractivity contribution in [2.45, 2.75) is 51.5 Å². The average Bonchev–Trinajstić information content (AvgIpc) is 2.49. The molecule has 112 valence electrons. The highest BCUT2D eigenvalue weighted by molar-refractivity contribution is 5.58. The van der Waals surface area contributed by atoms with Gasteiger partial charge in [0.1, 0.15) is 18.0 Å². The van der Waals surface area contributed by atoms with Gasteiger partial charge in [-0.15, -0.1) is 0 Å². The summed E-state index contributed by atoms with van der Waals surface area (Å²) in [6.07, 6.45) is 6.72. The van der Waals surface area contributed by atoms with Gasteiger partial charge in [0.05, 0.1) is 12.1 Å². The zero-order valence-corrected chi connectivity index (χ0v) is 12.7. The van der Waals surface area contributed by atoms with Gasteiger partial charge in [0.15, 0.2) is 0 Å². The molecule has 1 aliphatic rings. The quantitative estimate of drug-likeness (QED) is 0.771. The summed E-state index contributed by atoms with van der Waals surface area (Å²) < 4.78 is 0. The van der Waals surface area contributed by atoms with E-state index >= 15 is 0 Å². The molecule has 0 bridgehead atoms. The van der Waals surface area contributed by atoms with Gasteiger partial charge in [0, 0.05) is 12.6 Å². The van der Waals surface area contributed by atoms with E-state index in [4.69, 9.17) is 0 Å². The monoisotopic (exact) mass is 278 g/mol. The van der Waals surface area contributed by atoms with Crippen LogP contribution < -0.4 is 10.6 Å². The summed E-state index contributed by atoms with van der Waals surface area (Å²) in [6.45, 7) is 4.53. The third-order valence-electron chi connectivity index (χ3n) is 4.45. The normalized spacial score (nSPS) is 26.3. The number of hydrogen-bond acceptors (Lipinski definition) is 5. The second-order valence-corrected chi connectivity index (χ2v) is 5.90. The van der Waals surface area contributed by atoms with Gasteiger partial charge in [-0.1, -0.05) is 13.8 Å². The molecular weight excluding hydrogens is 252 g/mol. The molecule has 0 unspecified atom stereocenters. The Kier molecular flexibility index (Phi) is 4.81. The first-order chi connectivity index (χ1) is 9.64. The zero-order valence-electron chi connectivity index (χ0n) is 12.7. The van der Waals surface area contributed by atoms with Crippen molar-refractivity contribution in [3.63, 3.8) is 0 Å². The summed E-state index contributed by atoms with van der Waals surface area (Å²) in [6, 6.07) is 0. The zero-order chi connectivity index (χ0) is 14.6.